The number of benzene rings is 1. The van der Waals surface area contributed by atoms with Gasteiger partial charge in [0.2, 0.25) is 5.78 Å². The first-order valence-corrected chi connectivity index (χ1v) is 8.29. The van der Waals surface area contributed by atoms with Crippen molar-refractivity contribution < 1.29 is 38.8 Å². The van der Waals surface area contributed by atoms with E-state index in [9.17, 15) is 29.3 Å². The number of hydrogen-bond acceptors (Lipinski definition) is 7. The first-order chi connectivity index (χ1) is 12.7. The van der Waals surface area contributed by atoms with E-state index in [-0.39, 0.29) is 29.7 Å². The number of phenols is 1. The third-order valence-corrected chi connectivity index (χ3v) is 4.04. The van der Waals surface area contributed by atoms with Gasteiger partial charge in [-0.25, -0.2) is 9.18 Å². The van der Waals surface area contributed by atoms with E-state index >= 15 is 0 Å². The lowest BCUT2D eigenvalue weighted by Gasteiger charge is -2.17. The summed E-state index contributed by atoms with van der Waals surface area (Å²) < 4.78 is 24.1. The Balaban J connectivity index is 2.48. The minimum atomic E-state index is -1.93. The van der Waals surface area contributed by atoms with Crippen molar-refractivity contribution >= 4 is 17.8 Å². The summed E-state index contributed by atoms with van der Waals surface area (Å²) in [7, 11) is 1.39. The molecule has 0 amide bonds. The van der Waals surface area contributed by atoms with Crippen LogP contribution in [-0.4, -0.2) is 52.5 Å². The van der Waals surface area contributed by atoms with Crippen LogP contribution in [0.1, 0.15) is 35.7 Å². The number of carbonyl (C=O) groups excluding carboxylic acids is 2. The number of ether oxygens (including phenoxy) is 2. The molecule has 1 aromatic rings. The van der Waals surface area contributed by atoms with Gasteiger partial charge in [0.25, 0.3) is 0 Å². The van der Waals surface area contributed by atoms with Crippen molar-refractivity contribution in [1.29, 1.82) is 0 Å². The minimum Gasteiger partial charge on any atom is -0.507 e. The zero-order valence-corrected chi connectivity index (χ0v) is 14.9. The zero-order chi connectivity index (χ0) is 20.1. The lowest BCUT2D eigenvalue weighted by atomic mass is 10.0. The van der Waals surface area contributed by atoms with E-state index < -0.39 is 35.9 Å². The Morgan fingerprint density at radius 2 is 1.93 bits per heavy atom. The molecule has 0 aromatic heterocycles. The quantitative estimate of drug-likeness (QED) is 0.638. The molecule has 1 aromatic carbocycles. The lowest BCUT2D eigenvalue weighted by molar-refractivity contribution is -0.130. The molecule has 146 valence electrons. The van der Waals surface area contributed by atoms with Gasteiger partial charge in [0, 0.05) is 12.5 Å². The summed E-state index contributed by atoms with van der Waals surface area (Å²) in [6.07, 6.45) is -0.929. The maximum absolute atomic E-state index is 13.9. The fourth-order valence-electron chi connectivity index (χ4n) is 2.53. The maximum Gasteiger partial charge on any atom is 0.342 e. The Morgan fingerprint density at radius 1 is 1.22 bits per heavy atom. The minimum absolute atomic E-state index is 0.119. The van der Waals surface area contributed by atoms with Gasteiger partial charge < -0.3 is 24.8 Å². The second-order valence-electron chi connectivity index (χ2n) is 6.13. The Bertz CT molecular complexity index is 785. The van der Waals surface area contributed by atoms with Crippen molar-refractivity contribution in [2.24, 2.45) is 0 Å². The number of carbonyl (C=O) groups is 2. The Kier molecular flexibility index (Phi) is 6.70. The predicted octanol–water partition coefficient (Wildman–Crippen LogP) is 1.90. The molecule has 3 N–H and O–H groups in total. The highest BCUT2D eigenvalue weighted by Crippen LogP contribution is 2.30. The number of esters is 1. The number of aliphatic hydroxyl groups is 2. The lowest BCUT2D eigenvalue weighted by Crippen LogP contribution is -2.34. The molecule has 1 aliphatic heterocycles. The van der Waals surface area contributed by atoms with Crippen LogP contribution in [0.2, 0.25) is 0 Å². The molecular formula is C19H21FO7. The van der Waals surface area contributed by atoms with Crippen LogP contribution in [0.3, 0.4) is 0 Å². The molecule has 27 heavy (non-hydrogen) atoms. The Labute approximate surface area is 155 Å². The van der Waals surface area contributed by atoms with E-state index in [4.69, 9.17) is 9.47 Å². The molecule has 7 nitrogen and oxygen atoms in total. The first-order valence-electron chi connectivity index (χ1n) is 8.29. The van der Waals surface area contributed by atoms with Crippen LogP contribution in [0, 0.1) is 0 Å². The van der Waals surface area contributed by atoms with Crippen molar-refractivity contribution in [3.05, 3.63) is 41.2 Å². The topological polar surface area (TPSA) is 113 Å². The van der Waals surface area contributed by atoms with Gasteiger partial charge in [0.05, 0.1) is 13.2 Å². The van der Waals surface area contributed by atoms with Gasteiger partial charge in [-0.2, -0.15) is 0 Å². The molecule has 2 rings (SSSR count). The molecule has 0 spiro atoms. The number of halogens is 1. The summed E-state index contributed by atoms with van der Waals surface area (Å²) in [5.41, 5.74) is 0.141. The van der Waals surface area contributed by atoms with Gasteiger partial charge in [-0.3, -0.25) is 4.79 Å². The second-order valence-corrected chi connectivity index (χ2v) is 6.13. The molecular weight excluding hydrogens is 359 g/mol. The average Bonchev–Trinajstić information content (AvgIpc) is 2.63. The van der Waals surface area contributed by atoms with E-state index in [2.05, 4.69) is 0 Å². The van der Waals surface area contributed by atoms with Crippen LogP contribution in [0.15, 0.2) is 30.1 Å². The van der Waals surface area contributed by atoms with Crippen molar-refractivity contribution in [1.82, 2.24) is 0 Å². The maximum atomic E-state index is 13.9. The summed E-state index contributed by atoms with van der Waals surface area (Å²) in [5, 5.41) is 29.9. The largest absolute Gasteiger partial charge is 0.507 e. The van der Waals surface area contributed by atoms with Crippen molar-refractivity contribution in [2.75, 3.05) is 7.11 Å². The molecule has 8 heteroatoms. The fourth-order valence-corrected chi connectivity index (χ4v) is 2.53. The molecule has 0 fully saturated rings. The highest BCUT2D eigenvalue weighted by Gasteiger charge is 2.27. The van der Waals surface area contributed by atoms with Crippen LogP contribution in [-0.2, 0) is 9.53 Å². The summed E-state index contributed by atoms with van der Waals surface area (Å²) in [4.78, 5) is 24.2. The summed E-state index contributed by atoms with van der Waals surface area (Å²) in [5.74, 6) is -3.38. The van der Waals surface area contributed by atoms with Gasteiger partial charge in [-0.1, -0.05) is 12.2 Å². The number of aliphatic hydroxyl groups excluding tert-OH is 2. The summed E-state index contributed by atoms with van der Waals surface area (Å²) >= 11 is 0. The standard InChI is InChI=1S/C19H21FO7/c1-10-6-7-13(20)17(23)18(24)14(21)5-3-4-11-8-12(26-2)9-15(22)16(11)19(25)27-10/h3-4,7-10,14,18,21-22,24H,5-6H2,1-2H3/b4-3+,13-7-/t10-,14-,18-/m0/s1. The molecule has 0 radical (unpaired) electrons. The molecule has 0 aliphatic carbocycles. The molecule has 3 atom stereocenters. The number of methoxy groups -OCH3 is 1. The van der Waals surface area contributed by atoms with Gasteiger partial charge in [-0.15, -0.1) is 0 Å². The number of aromatic hydroxyl groups is 1. The third kappa shape index (κ3) is 4.93. The molecule has 1 aliphatic rings. The second kappa shape index (κ2) is 8.79. The zero-order valence-electron chi connectivity index (χ0n) is 14.9. The van der Waals surface area contributed by atoms with E-state index in [1.54, 1.807) is 0 Å². The van der Waals surface area contributed by atoms with Crippen LogP contribution < -0.4 is 4.74 Å². The first kappa shape index (κ1) is 20.6. The number of rotatable bonds is 1. The van der Waals surface area contributed by atoms with Gasteiger partial charge in [0.1, 0.15) is 29.3 Å². The van der Waals surface area contributed by atoms with Crippen LogP contribution in [0.5, 0.6) is 11.5 Å². The highest BCUT2D eigenvalue weighted by atomic mass is 19.1. The van der Waals surface area contributed by atoms with Gasteiger partial charge >= 0.3 is 5.97 Å². The Hall–Kier alpha value is -2.71. The van der Waals surface area contributed by atoms with Crippen molar-refractivity contribution in [3.63, 3.8) is 0 Å². The van der Waals surface area contributed by atoms with Gasteiger partial charge in [-0.05, 0) is 31.1 Å². The van der Waals surface area contributed by atoms with Crippen LogP contribution >= 0.6 is 0 Å². The number of Topliss-reactive ketones (excluding diaryl/α,β-unsaturated/α-hetero) is 1. The third-order valence-electron chi connectivity index (χ3n) is 4.04. The number of hydrogen-bond donors (Lipinski definition) is 3. The molecule has 0 bridgehead atoms. The summed E-state index contributed by atoms with van der Waals surface area (Å²) in [6, 6.07) is 2.73. The van der Waals surface area contributed by atoms with Crippen LogP contribution in [0.4, 0.5) is 4.39 Å². The number of ketones is 1. The van der Waals surface area contributed by atoms with Crippen LogP contribution in [0.25, 0.3) is 6.08 Å². The SMILES string of the molecule is COc1cc(O)c2c(c1)/C=C/C[C@H](O)[C@H](O)C(=O)/C(F)=C/C[C@H](C)OC2=O. The molecule has 0 saturated carbocycles. The van der Waals surface area contributed by atoms with E-state index in [0.717, 1.165) is 6.08 Å². The fraction of sp³-hybridized carbons (Fsp3) is 0.368. The number of cyclic esters (lactones) is 1. The Morgan fingerprint density at radius 3 is 2.59 bits per heavy atom. The normalized spacial score (nSPS) is 27.6. The predicted molar refractivity (Wildman–Crippen MR) is 94.0 cm³/mol. The smallest absolute Gasteiger partial charge is 0.342 e. The highest BCUT2D eigenvalue weighted by molar-refractivity contribution is 5.98. The molecule has 0 saturated heterocycles. The van der Waals surface area contributed by atoms with E-state index in [0.29, 0.717) is 5.75 Å². The number of phenolic OH excluding ortho intramolecular Hbond substituents is 1. The summed E-state index contributed by atoms with van der Waals surface area (Å²) in [6.45, 7) is 1.49. The number of fused-ring (bicyclic) bond motifs is 1. The average molecular weight is 380 g/mol. The monoisotopic (exact) mass is 380 g/mol. The van der Waals surface area contributed by atoms with Gasteiger partial charge in [0.15, 0.2) is 5.83 Å². The van der Waals surface area contributed by atoms with Crippen molar-refractivity contribution in [2.45, 2.75) is 38.1 Å². The van der Waals surface area contributed by atoms with E-state index in [1.807, 2.05) is 0 Å². The molecule has 0 unspecified atom stereocenters. The van der Waals surface area contributed by atoms with E-state index in [1.165, 1.54) is 38.3 Å². The van der Waals surface area contributed by atoms with Crippen molar-refractivity contribution in [3.8, 4) is 11.5 Å². The molecule has 1 heterocycles.